The highest BCUT2D eigenvalue weighted by Gasteiger charge is 2.21. The molecule has 0 spiro atoms. The standard InChI is InChI=1S/C13H17NO4/c1-13(2,3)10-7-5-4-6-9(10)12(17)14-18-8-11(15)16/h4-7H,8H2,1-3H3,(H,14,17)(H,15,16). The van der Waals surface area contributed by atoms with E-state index in [2.05, 4.69) is 10.3 Å². The van der Waals surface area contributed by atoms with Gasteiger partial charge in [0, 0.05) is 5.56 Å². The molecule has 1 aromatic rings. The molecule has 5 nitrogen and oxygen atoms in total. The van der Waals surface area contributed by atoms with Gasteiger partial charge >= 0.3 is 5.97 Å². The van der Waals surface area contributed by atoms with Crippen molar-refractivity contribution in [2.45, 2.75) is 26.2 Å². The second-order valence-electron chi connectivity index (χ2n) is 4.91. The van der Waals surface area contributed by atoms with Crippen LogP contribution in [0.3, 0.4) is 0 Å². The second kappa shape index (κ2) is 5.64. The zero-order chi connectivity index (χ0) is 13.8. The monoisotopic (exact) mass is 251 g/mol. The van der Waals surface area contributed by atoms with Crippen molar-refractivity contribution < 1.29 is 19.5 Å². The number of rotatable bonds is 4. The zero-order valence-electron chi connectivity index (χ0n) is 10.7. The van der Waals surface area contributed by atoms with E-state index in [1.54, 1.807) is 12.1 Å². The number of carbonyl (C=O) groups is 2. The van der Waals surface area contributed by atoms with Crippen LogP contribution < -0.4 is 5.48 Å². The summed E-state index contributed by atoms with van der Waals surface area (Å²) in [5, 5.41) is 8.40. The molecule has 0 fully saturated rings. The Labute approximate surface area is 106 Å². The molecule has 1 aromatic carbocycles. The highest BCUT2D eigenvalue weighted by Crippen LogP contribution is 2.25. The lowest BCUT2D eigenvalue weighted by molar-refractivity contribution is -0.144. The summed E-state index contributed by atoms with van der Waals surface area (Å²) in [4.78, 5) is 26.7. The first-order valence-corrected chi connectivity index (χ1v) is 5.56. The normalized spacial score (nSPS) is 11.1. The van der Waals surface area contributed by atoms with Crippen molar-refractivity contribution in [2.24, 2.45) is 0 Å². The van der Waals surface area contributed by atoms with Crippen LogP contribution in [0.2, 0.25) is 0 Å². The zero-order valence-corrected chi connectivity index (χ0v) is 10.7. The summed E-state index contributed by atoms with van der Waals surface area (Å²) in [6.07, 6.45) is 0. The van der Waals surface area contributed by atoms with Gasteiger partial charge in [-0.1, -0.05) is 39.0 Å². The van der Waals surface area contributed by atoms with Crippen LogP contribution in [0, 0.1) is 0 Å². The van der Waals surface area contributed by atoms with E-state index in [1.807, 2.05) is 32.9 Å². The average molecular weight is 251 g/mol. The molecule has 0 bridgehead atoms. The molecule has 0 unspecified atom stereocenters. The average Bonchev–Trinajstić information content (AvgIpc) is 2.27. The van der Waals surface area contributed by atoms with Crippen LogP contribution in [0.15, 0.2) is 24.3 Å². The summed E-state index contributed by atoms with van der Waals surface area (Å²) in [6.45, 7) is 5.43. The number of carbonyl (C=O) groups excluding carboxylic acids is 1. The predicted molar refractivity (Wildman–Crippen MR) is 66.2 cm³/mol. The summed E-state index contributed by atoms with van der Waals surface area (Å²) in [6, 6.07) is 7.16. The van der Waals surface area contributed by atoms with Gasteiger partial charge in [0.2, 0.25) is 0 Å². The number of carboxylic acids is 1. The van der Waals surface area contributed by atoms with Gasteiger partial charge in [0.05, 0.1) is 0 Å². The minimum absolute atomic E-state index is 0.180. The Hall–Kier alpha value is -1.88. The lowest BCUT2D eigenvalue weighted by Crippen LogP contribution is -2.29. The molecule has 5 heteroatoms. The van der Waals surface area contributed by atoms with Crippen molar-refractivity contribution in [3.05, 3.63) is 35.4 Å². The van der Waals surface area contributed by atoms with Crippen LogP contribution in [0.1, 0.15) is 36.7 Å². The van der Waals surface area contributed by atoms with E-state index in [4.69, 9.17) is 5.11 Å². The fourth-order valence-electron chi connectivity index (χ4n) is 1.55. The largest absolute Gasteiger partial charge is 0.479 e. The maximum absolute atomic E-state index is 11.9. The van der Waals surface area contributed by atoms with Crippen molar-refractivity contribution >= 4 is 11.9 Å². The number of aliphatic carboxylic acids is 1. The number of hydrogen-bond acceptors (Lipinski definition) is 3. The van der Waals surface area contributed by atoms with Crippen LogP contribution in [-0.2, 0) is 15.0 Å². The van der Waals surface area contributed by atoms with E-state index < -0.39 is 18.5 Å². The fraction of sp³-hybridized carbons (Fsp3) is 0.385. The minimum Gasteiger partial charge on any atom is -0.479 e. The van der Waals surface area contributed by atoms with E-state index in [1.165, 1.54) is 0 Å². The molecule has 0 atom stereocenters. The number of amides is 1. The minimum atomic E-state index is -1.14. The van der Waals surface area contributed by atoms with Gasteiger partial charge in [0.25, 0.3) is 5.91 Å². The van der Waals surface area contributed by atoms with Crippen LogP contribution >= 0.6 is 0 Å². The Kier molecular flexibility index (Phi) is 4.44. The smallest absolute Gasteiger partial charge is 0.332 e. The third-order valence-corrected chi connectivity index (χ3v) is 2.34. The van der Waals surface area contributed by atoms with E-state index in [0.717, 1.165) is 5.56 Å². The van der Waals surface area contributed by atoms with Crippen LogP contribution in [0.25, 0.3) is 0 Å². The van der Waals surface area contributed by atoms with Gasteiger partial charge in [-0.2, -0.15) is 0 Å². The molecule has 98 valence electrons. The van der Waals surface area contributed by atoms with Crippen LogP contribution in [0.4, 0.5) is 0 Å². The number of carboxylic acid groups (broad SMARTS) is 1. The summed E-state index contributed by atoms with van der Waals surface area (Å²) >= 11 is 0. The molecule has 1 amide bonds. The van der Waals surface area contributed by atoms with Gasteiger partial charge in [0.15, 0.2) is 6.61 Å². The quantitative estimate of drug-likeness (QED) is 0.799. The highest BCUT2D eigenvalue weighted by atomic mass is 16.7. The molecular weight excluding hydrogens is 234 g/mol. The van der Waals surface area contributed by atoms with E-state index >= 15 is 0 Å². The first kappa shape index (κ1) is 14.2. The number of hydrogen-bond donors (Lipinski definition) is 2. The third kappa shape index (κ3) is 3.85. The van der Waals surface area contributed by atoms with Gasteiger partial charge in [-0.3, -0.25) is 9.63 Å². The Balaban J connectivity index is 2.83. The molecule has 1 rings (SSSR count). The summed E-state index contributed by atoms with van der Waals surface area (Å²) in [5.74, 6) is -1.58. The topological polar surface area (TPSA) is 75.6 Å². The van der Waals surface area contributed by atoms with Gasteiger partial charge < -0.3 is 5.11 Å². The Morgan fingerprint density at radius 3 is 2.44 bits per heavy atom. The predicted octanol–water partition coefficient (Wildman–Crippen LogP) is 1.73. The lowest BCUT2D eigenvalue weighted by atomic mass is 9.83. The second-order valence-corrected chi connectivity index (χ2v) is 4.91. The molecule has 18 heavy (non-hydrogen) atoms. The molecule has 0 radical (unpaired) electrons. The van der Waals surface area contributed by atoms with E-state index in [0.29, 0.717) is 5.56 Å². The number of benzene rings is 1. The fourth-order valence-corrected chi connectivity index (χ4v) is 1.55. The molecule has 0 heterocycles. The van der Waals surface area contributed by atoms with Crippen molar-refractivity contribution in [1.82, 2.24) is 5.48 Å². The Bertz CT molecular complexity index is 449. The van der Waals surface area contributed by atoms with Crippen molar-refractivity contribution in [1.29, 1.82) is 0 Å². The molecular formula is C13H17NO4. The molecule has 0 saturated carbocycles. The first-order valence-electron chi connectivity index (χ1n) is 5.56. The maximum Gasteiger partial charge on any atom is 0.332 e. The lowest BCUT2D eigenvalue weighted by Gasteiger charge is -2.22. The molecule has 0 aliphatic heterocycles. The molecule has 0 aromatic heterocycles. The van der Waals surface area contributed by atoms with Crippen molar-refractivity contribution in [2.75, 3.05) is 6.61 Å². The van der Waals surface area contributed by atoms with Gasteiger partial charge in [-0.25, -0.2) is 10.3 Å². The molecule has 2 N–H and O–H groups in total. The van der Waals surface area contributed by atoms with E-state index in [9.17, 15) is 9.59 Å². The Morgan fingerprint density at radius 2 is 1.89 bits per heavy atom. The van der Waals surface area contributed by atoms with Crippen molar-refractivity contribution in [3.63, 3.8) is 0 Å². The van der Waals surface area contributed by atoms with Gasteiger partial charge in [0.1, 0.15) is 0 Å². The van der Waals surface area contributed by atoms with E-state index in [-0.39, 0.29) is 5.41 Å². The van der Waals surface area contributed by atoms with Crippen molar-refractivity contribution in [3.8, 4) is 0 Å². The highest BCUT2D eigenvalue weighted by molar-refractivity contribution is 5.95. The summed E-state index contributed by atoms with van der Waals surface area (Å²) in [5.41, 5.74) is 3.30. The maximum atomic E-state index is 11.9. The molecule has 0 aliphatic carbocycles. The first-order chi connectivity index (χ1) is 8.32. The molecule has 0 saturated heterocycles. The third-order valence-electron chi connectivity index (χ3n) is 2.34. The SMILES string of the molecule is CC(C)(C)c1ccccc1C(=O)NOCC(=O)O. The molecule has 0 aliphatic rings. The Morgan fingerprint density at radius 1 is 1.28 bits per heavy atom. The summed E-state index contributed by atoms with van der Waals surface area (Å²) < 4.78 is 0. The van der Waals surface area contributed by atoms with Crippen LogP contribution in [0.5, 0.6) is 0 Å². The summed E-state index contributed by atoms with van der Waals surface area (Å²) in [7, 11) is 0. The van der Waals surface area contributed by atoms with Crippen LogP contribution in [-0.4, -0.2) is 23.6 Å². The number of nitrogens with one attached hydrogen (secondary N) is 1. The van der Waals surface area contributed by atoms with Gasteiger partial charge in [-0.15, -0.1) is 0 Å². The number of hydroxylamine groups is 1. The van der Waals surface area contributed by atoms with Gasteiger partial charge in [-0.05, 0) is 17.0 Å².